The molecule has 2 aromatic rings. The van der Waals surface area contributed by atoms with Crippen LogP contribution in [0.3, 0.4) is 0 Å². The highest BCUT2D eigenvalue weighted by Crippen LogP contribution is 2.17. The maximum absolute atomic E-state index is 12.2. The fourth-order valence-electron chi connectivity index (χ4n) is 1.89. The van der Waals surface area contributed by atoms with Gasteiger partial charge in [-0.2, -0.15) is 5.10 Å². The number of carbonyl (C=O) groups is 1. The summed E-state index contributed by atoms with van der Waals surface area (Å²) >= 11 is 0. The maximum atomic E-state index is 12.2. The van der Waals surface area contributed by atoms with Crippen LogP contribution >= 0.6 is 0 Å². The molecule has 0 fully saturated rings. The molecule has 6 nitrogen and oxygen atoms in total. The Labute approximate surface area is 117 Å². The van der Waals surface area contributed by atoms with Crippen LogP contribution in [-0.4, -0.2) is 15.7 Å². The average molecular weight is 273 g/mol. The van der Waals surface area contributed by atoms with Crippen molar-refractivity contribution >= 4 is 17.3 Å². The van der Waals surface area contributed by atoms with Gasteiger partial charge in [-0.1, -0.05) is 0 Å². The predicted octanol–water partition coefficient (Wildman–Crippen LogP) is 2.31. The van der Waals surface area contributed by atoms with Crippen LogP contribution in [-0.2, 0) is 0 Å². The van der Waals surface area contributed by atoms with Crippen LogP contribution in [0.4, 0.5) is 11.4 Å². The second-order valence-electron chi connectivity index (χ2n) is 4.93. The quantitative estimate of drug-likeness (QED) is 0.589. The van der Waals surface area contributed by atoms with Gasteiger partial charge in [0.25, 0.3) is 5.91 Å². The molecular weight excluding hydrogens is 254 g/mol. The van der Waals surface area contributed by atoms with E-state index in [4.69, 9.17) is 5.84 Å². The summed E-state index contributed by atoms with van der Waals surface area (Å²) in [5.41, 5.74) is 5.48. The zero-order valence-electron chi connectivity index (χ0n) is 11.8. The molecule has 0 atom stereocenters. The maximum Gasteiger partial charge on any atom is 0.256 e. The molecule has 0 radical (unpaired) electrons. The van der Waals surface area contributed by atoms with Crippen LogP contribution < -0.4 is 16.6 Å². The molecule has 0 aliphatic rings. The number of aryl methyl sites for hydroxylation is 1. The lowest BCUT2D eigenvalue weighted by molar-refractivity contribution is 0.102. The Morgan fingerprint density at radius 2 is 2.10 bits per heavy atom. The van der Waals surface area contributed by atoms with E-state index in [0.29, 0.717) is 11.3 Å². The SMILES string of the molecule is Cc1cc(NN)ccc1C(=O)Nc1cnn(C(C)C)c1. The Balaban J connectivity index is 2.15. The van der Waals surface area contributed by atoms with E-state index < -0.39 is 0 Å². The molecule has 106 valence electrons. The fraction of sp³-hybridized carbons (Fsp3) is 0.286. The highest BCUT2D eigenvalue weighted by molar-refractivity contribution is 6.05. The summed E-state index contributed by atoms with van der Waals surface area (Å²) in [7, 11) is 0. The molecule has 2 rings (SSSR count). The van der Waals surface area contributed by atoms with Gasteiger partial charge in [-0.05, 0) is 44.5 Å². The van der Waals surface area contributed by atoms with Gasteiger partial charge in [0.05, 0.1) is 11.9 Å². The number of anilines is 2. The van der Waals surface area contributed by atoms with E-state index in [1.165, 1.54) is 0 Å². The number of hydrogen-bond acceptors (Lipinski definition) is 4. The molecule has 0 bridgehead atoms. The highest BCUT2D eigenvalue weighted by Gasteiger charge is 2.11. The number of benzene rings is 1. The molecule has 1 aromatic carbocycles. The molecule has 0 unspecified atom stereocenters. The standard InChI is InChI=1S/C14H19N5O/c1-9(2)19-8-12(7-16-19)17-14(20)13-5-4-11(18-15)6-10(13)3/h4-9,18H,15H2,1-3H3,(H,17,20). The number of hydrazine groups is 1. The minimum atomic E-state index is -0.158. The fourth-order valence-corrected chi connectivity index (χ4v) is 1.89. The molecule has 0 saturated heterocycles. The number of rotatable bonds is 4. The topological polar surface area (TPSA) is 85.0 Å². The molecule has 1 heterocycles. The minimum Gasteiger partial charge on any atom is -0.324 e. The van der Waals surface area contributed by atoms with Crippen molar-refractivity contribution in [1.29, 1.82) is 0 Å². The third-order valence-electron chi connectivity index (χ3n) is 3.03. The van der Waals surface area contributed by atoms with E-state index in [9.17, 15) is 4.79 Å². The summed E-state index contributed by atoms with van der Waals surface area (Å²) in [6, 6.07) is 5.59. The van der Waals surface area contributed by atoms with E-state index in [1.54, 1.807) is 23.0 Å². The molecule has 4 N–H and O–H groups in total. The van der Waals surface area contributed by atoms with Crippen LogP contribution in [0.15, 0.2) is 30.6 Å². The Kier molecular flexibility index (Phi) is 4.05. The molecule has 1 amide bonds. The Morgan fingerprint density at radius 3 is 2.65 bits per heavy atom. The first-order valence-corrected chi connectivity index (χ1v) is 6.44. The zero-order chi connectivity index (χ0) is 14.7. The van der Waals surface area contributed by atoms with Crippen LogP contribution in [0, 0.1) is 6.92 Å². The number of nitrogens with two attached hydrogens (primary N) is 1. The van der Waals surface area contributed by atoms with Gasteiger partial charge in [-0.3, -0.25) is 15.3 Å². The van der Waals surface area contributed by atoms with E-state index in [2.05, 4.69) is 15.8 Å². The Hall–Kier alpha value is -2.34. The van der Waals surface area contributed by atoms with Crippen molar-refractivity contribution in [3.05, 3.63) is 41.7 Å². The summed E-state index contributed by atoms with van der Waals surface area (Å²) in [6.07, 6.45) is 3.46. The van der Waals surface area contributed by atoms with Gasteiger partial charge in [0, 0.05) is 23.5 Å². The normalized spacial score (nSPS) is 10.7. The van der Waals surface area contributed by atoms with Gasteiger partial charge in [0.2, 0.25) is 0 Å². The highest BCUT2D eigenvalue weighted by atomic mass is 16.1. The molecule has 1 aromatic heterocycles. The molecule has 0 aliphatic heterocycles. The van der Waals surface area contributed by atoms with Gasteiger partial charge in [-0.25, -0.2) is 0 Å². The molecule has 0 spiro atoms. The first kappa shape index (κ1) is 14.1. The summed E-state index contributed by atoms with van der Waals surface area (Å²) in [4.78, 5) is 12.2. The Morgan fingerprint density at radius 1 is 1.35 bits per heavy atom. The lowest BCUT2D eigenvalue weighted by Crippen LogP contribution is -2.14. The lowest BCUT2D eigenvalue weighted by Gasteiger charge is -2.08. The van der Waals surface area contributed by atoms with E-state index in [-0.39, 0.29) is 11.9 Å². The number of aromatic nitrogens is 2. The first-order valence-electron chi connectivity index (χ1n) is 6.44. The van der Waals surface area contributed by atoms with Gasteiger partial charge in [0.1, 0.15) is 0 Å². The second-order valence-corrected chi connectivity index (χ2v) is 4.93. The molecular formula is C14H19N5O. The van der Waals surface area contributed by atoms with E-state index in [1.807, 2.05) is 33.0 Å². The van der Waals surface area contributed by atoms with E-state index >= 15 is 0 Å². The number of carbonyl (C=O) groups excluding carboxylic acids is 1. The van der Waals surface area contributed by atoms with Crippen molar-refractivity contribution in [1.82, 2.24) is 9.78 Å². The number of nitrogens with one attached hydrogen (secondary N) is 2. The largest absolute Gasteiger partial charge is 0.324 e. The number of nitrogens with zero attached hydrogens (tertiary/aromatic N) is 2. The number of nitrogen functional groups attached to an aromatic ring is 1. The van der Waals surface area contributed by atoms with Crippen molar-refractivity contribution in [2.45, 2.75) is 26.8 Å². The number of hydrogen-bond donors (Lipinski definition) is 3. The van der Waals surface area contributed by atoms with Crippen molar-refractivity contribution < 1.29 is 4.79 Å². The van der Waals surface area contributed by atoms with Crippen molar-refractivity contribution in [3.63, 3.8) is 0 Å². The molecule has 0 saturated carbocycles. The molecule has 6 heteroatoms. The van der Waals surface area contributed by atoms with E-state index in [0.717, 1.165) is 11.3 Å². The Bertz CT molecular complexity index is 618. The average Bonchev–Trinajstić information content (AvgIpc) is 2.87. The number of amides is 1. The zero-order valence-corrected chi connectivity index (χ0v) is 11.8. The third-order valence-corrected chi connectivity index (χ3v) is 3.03. The lowest BCUT2D eigenvalue weighted by atomic mass is 10.1. The van der Waals surface area contributed by atoms with Crippen LogP contribution in [0.1, 0.15) is 35.8 Å². The van der Waals surface area contributed by atoms with Crippen molar-refractivity contribution in [2.75, 3.05) is 10.7 Å². The van der Waals surface area contributed by atoms with Crippen LogP contribution in [0.5, 0.6) is 0 Å². The van der Waals surface area contributed by atoms with Gasteiger partial charge in [0.15, 0.2) is 0 Å². The first-order chi connectivity index (χ1) is 9.51. The smallest absolute Gasteiger partial charge is 0.256 e. The van der Waals surface area contributed by atoms with Gasteiger partial charge in [-0.15, -0.1) is 0 Å². The van der Waals surface area contributed by atoms with Crippen LogP contribution in [0.25, 0.3) is 0 Å². The molecule has 0 aliphatic carbocycles. The molecule has 20 heavy (non-hydrogen) atoms. The second kappa shape index (κ2) is 5.75. The summed E-state index contributed by atoms with van der Waals surface area (Å²) < 4.78 is 1.80. The van der Waals surface area contributed by atoms with Crippen molar-refractivity contribution in [2.24, 2.45) is 5.84 Å². The van der Waals surface area contributed by atoms with Gasteiger partial charge >= 0.3 is 0 Å². The van der Waals surface area contributed by atoms with Crippen LogP contribution in [0.2, 0.25) is 0 Å². The predicted molar refractivity (Wildman–Crippen MR) is 79.6 cm³/mol. The monoisotopic (exact) mass is 273 g/mol. The summed E-state index contributed by atoms with van der Waals surface area (Å²) in [6.45, 7) is 5.93. The minimum absolute atomic E-state index is 0.158. The van der Waals surface area contributed by atoms with Gasteiger partial charge < -0.3 is 10.7 Å². The summed E-state index contributed by atoms with van der Waals surface area (Å²) in [5, 5.41) is 7.03. The third kappa shape index (κ3) is 2.97. The summed E-state index contributed by atoms with van der Waals surface area (Å²) in [5.74, 6) is 5.18. The van der Waals surface area contributed by atoms with Crippen molar-refractivity contribution in [3.8, 4) is 0 Å².